The summed E-state index contributed by atoms with van der Waals surface area (Å²) in [7, 11) is -4.05. The van der Waals surface area contributed by atoms with Crippen LogP contribution in [0.25, 0.3) is 0 Å². The second-order valence-electron chi connectivity index (χ2n) is 11.0. The van der Waals surface area contributed by atoms with Gasteiger partial charge in [0.1, 0.15) is 12.2 Å². The minimum atomic E-state index is -2.03. The van der Waals surface area contributed by atoms with Gasteiger partial charge in [-0.25, -0.2) is 0 Å². The Morgan fingerprint density at radius 3 is 1.31 bits per heavy atom. The Labute approximate surface area is 184 Å². The monoisotopic (exact) mass is 442 g/mol. The molecule has 0 saturated heterocycles. The summed E-state index contributed by atoms with van der Waals surface area (Å²) in [5, 5.41) is 0. The lowest BCUT2D eigenvalue weighted by Gasteiger charge is -2.50. The maximum Gasteiger partial charge on any atom is 0.201 e. The lowest BCUT2D eigenvalue weighted by molar-refractivity contribution is -0.0450. The van der Waals surface area contributed by atoms with Crippen LogP contribution < -0.4 is 0 Å². The molecule has 0 radical (unpaired) electrons. The standard InChI is InChI=1S/C24H50O3Si2/c1-16(2)28(17(3)4,18(5)6)26-23-14-15-25-22(13)24(23)27-29(19(7)8,20(9)10)21(11)12/h14-24H,1-13H3/t22-,23-,24-/m0/s1. The lowest BCUT2D eigenvalue weighted by atomic mass is 10.1. The van der Waals surface area contributed by atoms with E-state index in [4.69, 9.17) is 13.6 Å². The second-order valence-corrected chi connectivity index (χ2v) is 21.8. The average molecular weight is 443 g/mol. The Bertz CT molecular complexity index is 483. The maximum absolute atomic E-state index is 7.23. The van der Waals surface area contributed by atoms with Gasteiger partial charge in [-0.05, 0) is 46.2 Å². The molecule has 0 N–H and O–H groups in total. The molecule has 0 aromatic carbocycles. The first kappa shape index (κ1) is 26.9. The fourth-order valence-electron chi connectivity index (χ4n) is 6.26. The largest absolute Gasteiger partial charge is 0.496 e. The van der Waals surface area contributed by atoms with Crippen LogP contribution >= 0.6 is 0 Å². The van der Waals surface area contributed by atoms with Crippen molar-refractivity contribution in [3.63, 3.8) is 0 Å². The van der Waals surface area contributed by atoms with Crippen LogP contribution in [0.5, 0.6) is 0 Å². The van der Waals surface area contributed by atoms with Crippen LogP contribution in [-0.2, 0) is 13.6 Å². The highest BCUT2D eigenvalue weighted by atomic mass is 28.4. The van der Waals surface area contributed by atoms with Gasteiger partial charge < -0.3 is 13.6 Å². The fourth-order valence-corrected chi connectivity index (χ4v) is 17.4. The number of hydrogen-bond donors (Lipinski definition) is 0. The van der Waals surface area contributed by atoms with Crippen molar-refractivity contribution in [2.45, 2.75) is 142 Å². The molecule has 1 heterocycles. The smallest absolute Gasteiger partial charge is 0.201 e. The van der Waals surface area contributed by atoms with Crippen molar-refractivity contribution in [2.24, 2.45) is 0 Å². The third kappa shape index (κ3) is 5.21. The number of hydrogen-bond acceptors (Lipinski definition) is 3. The molecule has 0 aromatic heterocycles. The minimum Gasteiger partial charge on any atom is -0.496 e. The Balaban J connectivity index is 3.39. The van der Waals surface area contributed by atoms with Gasteiger partial charge in [0.15, 0.2) is 0 Å². The van der Waals surface area contributed by atoms with Gasteiger partial charge in [-0.15, -0.1) is 0 Å². The molecule has 3 nitrogen and oxygen atoms in total. The molecular weight excluding hydrogens is 392 g/mol. The van der Waals surface area contributed by atoms with E-state index < -0.39 is 16.6 Å². The van der Waals surface area contributed by atoms with Crippen LogP contribution in [0.1, 0.15) is 90.0 Å². The molecule has 1 rings (SSSR count). The molecule has 3 atom stereocenters. The minimum absolute atomic E-state index is 0.00584. The zero-order valence-corrected chi connectivity index (χ0v) is 23.6. The first-order valence-corrected chi connectivity index (χ1v) is 16.2. The van der Waals surface area contributed by atoms with Gasteiger partial charge in [-0.3, -0.25) is 0 Å². The van der Waals surface area contributed by atoms with Gasteiger partial charge in [0, 0.05) is 0 Å². The Hall–Kier alpha value is -0.106. The highest BCUT2D eigenvalue weighted by molar-refractivity contribution is 6.78. The molecule has 0 unspecified atom stereocenters. The van der Waals surface area contributed by atoms with Crippen LogP contribution in [0.15, 0.2) is 12.3 Å². The van der Waals surface area contributed by atoms with Gasteiger partial charge in [-0.1, -0.05) is 83.1 Å². The third-order valence-corrected chi connectivity index (χ3v) is 19.6. The first-order chi connectivity index (χ1) is 13.2. The Morgan fingerprint density at radius 2 is 0.966 bits per heavy atom. The molecule has 5 heteroatoms. The van der Waals surface area contributed by atoms with Crippen LogP contribution in [0, 0.1) is 0 Å². The summed E-state index contributed by atoms with van der Waals surface area (Å²) < 4.78 is 20.4. The normalized spacial score (nSPS) is 23.9. The van der Waals surface area contributed by atoms with Crippen molar-refractivity contribution >= 4 is 16.6 Å². The summed E-state index contributed by atoms with van der Waals surface area (Å²) in [5.74, 6) is 0. The van der Waals surface area contributed by atoms with E-state index in [1.165, 1.54) is 0 Å². The molecule has 1 aliphatic rings. The molecule has 0 saturated carbocycles. The second kappa shape index (κ2) is 10.5. The van der Waals surface area contributed by atoms with E-state index in [0.29, 0.717) is 33.2 Å². The molecule has 29 heavy (non-hydrogen) atoms. The molecule has 0 aliphatic carbocycles. The molecule has 0 amide bonds. The van der Waals surface area contributed by atoms with Crippen LogP contribution in [-0.4, -0.2) is 34.9 Å². The fraction of sp³-hybridized carbons (Fsp3) is 0.917. The number of ether oxygens (including phenoxy) is 1. The van der Waals surface area contributed by atoms with Crippen molar-refractivity contribution in [1.82, 2.24) is 0 Å². The molecular formula is C24H50O3Si2. The maximum atomic E-state index is 7.23. The van der Waals surface area contributed by atoms with Crippen molar-refractivity contribution in [3.8, 4) is 0 Å². The first-order valence-electron chi connectivity index (χ1n) is 11.9. The van der Waals surface area contributed by atoms with Gasteiger partial charge in [-0.2, -0.15) is 0 Å². The Morgan fingerprint density at radius 1 is 0.621 bits per heavy atom. The quantitative estimate of drug-likeness (QED) is 0.320. The summed E-state index contributed by atoms with van der Waals surface area (Å²) in [6.45, 7) is 30.3. The summed E-state index contributed by atoms with van der Waals surface area (Å²) >= 11 is 0. The SMILES string of the molecule is CC(C)[Si](O[C@H]1[C@H](C)OC=C[C@@H]1O[Si](C(C)C)(C(C)C)C(C)C)(C(C)C)C(C)C. The highest BCUT2D eigenvalue weighted by Crippen LogP contribution is 2.47. The molecule has 0 aromatic rings. The van der Waals surface area contributed by atoms with Crippen molar-refractivity contribution in [3.05, 3.63) is 12.3 Å². The molecule has 0 spiro atoms. The van der Waals surface area contributed by atoms with Crippen LogP contribution in [0.3, 0.4) is 0 Å². The topological polar surface area (TPSA) is 27.7 Å². The predicted molar refractivity (Wildman–Crippen MR) is 132 cm³/mol. The van der Waals surface area contributed by atoms with E-state index in [9.17, 15) is 0 Å². The van der Waals surface area contributed by atoms with E-state index in [2.05, 4.69) is 96.1 Å². The van der Waals surface area contributed by atoms with E-state index in [1.807, 2.05) is 6.26 Å². The van der Waals surface area contributed by atoms with Gasteiger partial charge in [0.2, 0.25) is 16.6 Å². The van der Waals surface area contributed by atoms with Crippen molar-refractivity contribution in [1.29, 1.82) is 0 Å². The van der Waals surface area contributed by atoms with E-state index in [-0.39, 0.29) is 18.3 Å². The highest BCUT2D eigenvalue weighted by Gasteiger charge is 2.52. The van der Waals surface area contributed by atoms with Crippen LogP contribution in [0.4, 0.5) is 0 Å². The molecule has 1 aliphatic heterocycles. The van der Waals surface area contributed by atoms with Crippen molar-refractivity contribution < 1.29 is 13.6 Å². The average Bonchev–Trinajstić information content (AvgIpc) is 2.56. The third-order valence-electron chi connectivity index (χ3n) is 7.44. The number of rotatable bonds is 10. The van der Waals surface area contributed by atoms with E-state index in [1.54, 1.807) is 0 Å². The lowest BCUT2D eigenvalue weighted by Crippen LogP contribution is -2.59. The predicted octanol–water partition coefficient (Wildman–Crippen LogP) is 8.04. The van der Waals surface area contributed by atoms with Gasteiger partial charge in [0.05, 0.1) is 12.4 Å². The summed E-state index contributed by atoms with van der Waals surface area (Å²) in [4.78, 5) is 0. The summed E-state index contributed by atoms with van der Waals surface area (Å²) in [5.41, 5.74) is 3.29. The molecule has 0 fully saturated rings. The van der Waals surface area contributed by atoms with E-state index >= 15 is 0 Å². The van der Waals surface area contributed by atoms with Crippen LogP contribution in [0.2, 0.25) is 33.2 Å². The van der Waals surface area contributed by atoms with Gasteiger partial charge in [0.25, 0.3) is 0 Å². The van der Waals surface area contributed by atoms with Gasteiger partial charge >= 0.3 is 0 Å². The Kier molecular flexibility index (Phi) is 9.72. The summed E-state index contributed by atoms with van der Waals surface area (Å²) in [6, 6.07) is 0. The van der Waals surface area contributed by atoms with Crippen molar-refractivity contribution in [2.75, 3.05) is 0 Å². The van der Waals surface area contributed by atoms with E-state index in [0.717, 1.165) is 0 Å². The molecule has 0 bridgehead atoms. The molecule has 172 valence electrons. The zero-order valence-electron chi connectivity index (χ0n) is 21.6. The zero-order chi connectivity index (χ0) is 22.7. The summed E-state index contributed by atoms with van der Waals surface area (Å²) in [6.07, 6.45) is 3.91.